The van der Waals surface area contributed by atoms with Crippen LogP contribution in [0.25, 0.3) is 5.03 Å². The van der Waals surface area contributed by atoms with Crippen LogP contribution in [0.3, 0.4) is 0 Å². The van der Waals surface area contributed by atoms with Gasteiger partial charge in [-0.25, -0.2) is 10.2 Å². The molecule has 2 N–H and O–H groups in total. The number of carbonyl (C=O) groups is 1. The van der Waals surface area contributed by atoms with Crippen LogP contribution in [0.5, 0.6) is 0 Å². The summed E-state index contributed by atoms with van der Waals surface area (Å²) in [6.07, 6.45) is 3.34. The first-order chi connectivity index (χ1) is 11.2. The fourth-order valence-electron chi connectivity index (χ4n) is 2.48. The summed E-state index contributed by atoms with van der Waals surface area (Å²) >= 11 is 6.42. The molecule has 0 radical (unpaired) electrons. The molecule has 0 fully saturated rings. The number of benzene rings is 2. The minimum atomic E-state index is -0.389. The van der Waals surface area contributed by atoms with Gasteiger partial charge < -0.3 is 5.32 Å². The van der Waals surface area contributed by atoms with Crippen molar-refractivity contribution in [3.05, 3.63) is 71.3 Å². The number of halogens is 1. The van der Waals surface area contributed by atoms with Gasteiger partial charge in [-0.1, -0.05) is 54.1 Å². The van der Waals surface area contributed by atoms with Crippen LogP contribution in [-0.2, 0) is 6.42 Å². The summed E-state index contributed by atoms with van der Waals surface area (Å²) in [6.45, 7) is 0. The highest BCUT2D eigenvalue weighted by atomic mass is 35.5. The number of nitrogens with one attached hydrogen (secondary N) is 2. The Morgan fingerprint density at radius 1 is 1.04 bits per heavy atom. The van der Waals surface area contributed by atoms with Crippen LogP contribution >= 0.6 is 11.6 Å². The van der Waals surface area contributed by atoms with Gasteiger partial charge in [0.15, 0.2) is 0 Å². The third-order valence-corrected chi connectivity index (χ3v) is 4.06. The molecular formula is C18H16ClN3O. The molecule has 1 aliphatic carbocycles. The van der Waals surface area contributed by atoms with E-state index < -0.39 is 0 Å². The monoisotopic (exact) mass is 325 g/mol. The lowest BCUT2D eigenvalue weighted by molar-refractivity contribution is 0.252. The number of anilines is 1. The fourth-order valence-corrected chi connectivity index (χ4v) is 2.80. The average Bonchev–Trinajstić information content (AvgIpc) is 2.58. The number of aryl methyl sites for hydroxylation is 1. The van der Waals surface area contributed by atoms with E-state index in [-0.39, 0.29) is 6.03 Å². The van der Waals surface area contributed by atoms with E-state index in [2.05, 4.69) is 21.9 Å². The van der Waals surface area contributed by atoms with Crippen LogP contribution in [0.1, 0.15) is 17.5 Å². The Bertz CT molecular complexity index is 769. The Labute approximate surface area is 139 Å². The molecular weight excluding hydrogens is 310 g/mol. The van der Waals surface area contributed by atoms with Crippen molar-refractivity contribution in [2.75, 3.05) is 5.32 Å². The second kappa shape index (κ2) is 7.11. The van der Waals surface area contributed by atoms with Crippen LogP contribution in [0.15, 0.2) is 65.3 Å². The van der Waals surface area contributed by atoms with Crippen LogP contribution in [-0.4, -0.2) is 12.2 Å². The van der Waals surface area contributed by atoms with Gasteiger partial charge in [-0.2, -0.15) is 5.10 Å². The number of rotatable bonds is 3. The second-order valence-electron chi connectivity index (χ2n) is 5.19. The zero-order valence-corrected chi connectivity index (χ0v) is 13.2. The molecule has 0 saturated heterocycles. The van der Waals surface area contributed by atoms with Crippen molar-refractivity contribution in [3.63, 3.8) is 0 Å². The van der Waals surface area contributed by atoms with Crippen molar-refractivity contribution in [2.24, 2.45) is 5.10 Å². The minimum absolute atomic E-state index is 0.389. The van der Waals surface area contributed by atoms with E-state index in [9.17, 15) is 4.79 Å². The molecule has 0 saturated carbocycles. The zero-order valence-electron chi connectivity index (χ0n) is 12.4. The lowest BCUT2D eigenvalue weighted by Crippen LogP contribution is -2.24. The van der Waals surface area contributed by atoms with E-state index in [0.29, 0.717) is 10.7 Å². The minimum Gasteiger partial charge on any atom is -0.307 e. The standard InChI is InChI=1S/C18H16ClN3O/c19-17-14(11-10-13-6-4-5-9-16(13)17)12-20-22-18(23)21-15-7-2-1-3-8-15/h1-9,12H,10-11H2,(H2,21,22,23)/b20-12+. The number of fused-ring (bicyclic) bond motifs is 1. The first kappa shape index (κ1) is 15.3. The van der Waals surface area contributed by atoms with E-state index in [1.54, 1.807) is 18.3 Å². The van der Waals surface area contributed by atoms with Gasteiger partial charge in [0.1, 0.15) is 0 Å². The average molecular weight is 326 g/mol. The quantitative estimate of drug-likeness (QED) is 0.638. The number of para-hydroxylation sites is 1. The normalized spacial score (nSPS) is 13.8. The van der Waals surface area contributed by atoms with Gasteiger partial charge in [-0.3, -0.25) is 0 Å². The lowest BCUT2D eigenvalue weighted by atomic mass is 9.92. The van der Waals surface area contributed by atoms with Crippen LogP contribution in [0.4, 0.5) is 10.5 Å². The number of nitrogens with zero attached hydrogens (tertiary/aromatic N) is 1. The van der Waals surface area contributed by atoms with E-state index in [4.69, 9.17) is 11.6 Å². The highest BCUT2D eigenvalue weighted by Crippen LogP contribution is 2.32. The highest BCUT2D eigenvalue weighted by molar-refractivity contribution is 6.50. The summed E-state index contributed by atoms with van der Waals surface area (Å²) in [5.74, 6) is 0. The van der Waals surface area contributed by atoms with E-state index in [1.165, 1.54) is 5.56 Å². The first-order valence-electron chi connectivity index (χ1n) is 7.36. The van der Waals surface area contributed by atoms with Crippen molar-refractivity contribution in [1.82, 2.24) is 5.43 Å². The molecule has 2 aromatic carbocycles. The molecule has 2 aromatic rings. The third-order valence-electron chi connectivity index (χ3n) is 3.62. The Hall–Kier alpha value is -2.59. The van der Waals surface area contributed by atoms with Crippen molar-refractivity contribution in [1.29, 1.82) is 0 Å². The van der Waals surface area contributed by atoms with Gasteiger partial charge in [0.05, 0.1) is 11.2 Å². The largest absolute Gasteiger partial charge is 0.339 e. The number of hydrogen-bond donors (Lipinski definition) is 2. The van der Waals surface area contributed by atoms with Crippen LogP contribution in [0, 0.1) is 0 Å². The molecule has 5 heteroatoms. The van der Waals surface area contributed by atoms with E-state index in [1.807, 2.05) is 36.4 Å². The molecule has 2 amide bonds. The summed E-state index contributed by atoms with van der Waals surface area (Å²) < 4.78 is 0. The summed E-state index contributed by atoms with van der Waals surface area (Å²) in [6, 6.07) is 16.9. The van der Waals surface area contributed by atoms with E-state index >= 15 is 0 Å². The highest BCUT2D eigenvalue weighted by Gasteiger charge is 2.15. The Morgan fingerprint density at radius 3 is 2.61 bits per heavy atom. The third kappa shape index (κ3) is 3.79. The molecule has 0 bridgehead atoms. The smallest absolute Gasteiger partial charge is 0.307 e. The number of hydrazone groups is 1. The molecule has 0 unspecified atom stereocenters. The number of amides is 2. The van der Waals surface area contributed by atoms with Gasteiger partial charge in [-0.15, -0.1) is 0 Å². The van der Waals surface area contributed by atoms with Crippen LogP contribution in [0.2, 0.25) is 0 Å². The van der Waals surface area contributed by atoms with E-state index in [0.717, 1.165) is 24.0 Å². The zero-order chi connectivity index (χ0) is 16.1. The summed E-state index contributed by atoms with van der Waals surface area (Å²) in [5.41, 5.74) is 6.36. The summed E-state index contributed by atoms with van der Waals surface area (Å²) in [5, 5.41) is 7.37. The fraction of sp³-hybridized carbons (Fsp3) is 0.111. The van der Waals surface area contributed by atoms with Crippen molar-refractivity contribution in [2.45, 2.75) is 12.8 Å². The molecule has 0 heterocycles. The topological polar surface area (TPSA) is 53.5 Å². The molecule has 3 rings (SSSR count). The first-order valence-corrected chi connectivity index (χ1v) is 7.74. The lowest BCUT2D eigenvalue weighted by Gasteiger charge is -2.17. The summed E-state index contributed by atoms with van der Waals surface area (Å²) in [4.78, 5) is 11.7. The Kier molecular flexibility index (Phi) is 4.74. The number of urea groups is 1. The predicted octanol–water partition coefficient (Wildman–Crippen LogP) is 4.39. The maximum absolute atomic E-state index is 11.7. The predicted molar refractivity (Wildman–Crippen MR) is 94.6 cm³/mol. The summed E-state index contributed by atoms with van der Waals surface area (Å²) in [7, 11) is 0. The molecule has 1 aliphatic rings. The molecule has 4 nitrogen and oxygen atoms in total. The van der Waals surface area contributed by atoms with Gasteiger partial charge >= 0.3 is 6.03 Å². The Balaban J connectivity index is 1.63. The number of hydrogen-bond acceptors (Lipinski definition) is 2. The Morgan fingerprint density at radius 2 is 1.78 bits per heavy atom. The molecule has 23 heavy (non-hydrogen) atoms. The number of allylic oxidation sites excluding steroid dienone is 1. The van der Waals surface area contributed by atoms with Crippen molar-refractivity contribution >= 4 is 34.6 Å². The van der Waals surface area contributed by atoms with Gasteiger partial charge in [-0.05, 0) is 41.7 Å². The maximum Gasteiger partial charge on any atom is 0.339 e. The molecule has 0 aliphatic heterocycles. The van der Waals surface area contributed by atoms with Crippen LogP contribution < -0.4 is 10.7 Å². The number of carbonyl (C=O) groups excluding carboxylic acids is 1. The van der Waals surface area contributed by atoms with Gasteiger partial charge in [0.2, 0.25) is 0 Å². The molecule has 0 aromatic heterocycles. The molecule has 116 valence electrons. The second-order valence-corrected chi connectivity index (χ2v) is 5.56. The molecule has 0 atom stereocenters. The van der Waals surface area contributed by atoms with Gasteiger partial charge in [0, 0.05) is 5.69 Å². The maximum atomic E-state index is 11.7. The molecule has 0 spiro atoms. The van der Waals surface area contributed by atoms with Crippen molar-refractivity contribution < 1.29 is 4.79 Å². The SMILES string of the molecule is O=C(N/N=C/C1=C(Cl)c2ccccc2CC1)Nc1ccccc1. The van der Waals surface area contributed by atoms with Crippen molar-refractivity contribution in [3.8, 4) is 0 Å². The van der Waals surface area contributed by atoms with Gasteiger partial charge in [0.25, 0.3) is 0 Å².